The molecule has 4 atom stereocenters. The van der Waals surface area contributed by atoms with E-state index in [-0.39, 0.29) is 30.9 Å². The molecule has 2 fully saturated rings. The third kappa shape index (κ3) is 8.91. The summed E-state index contributed by atoms with van der Waals surface area (Å²) in [6, 6.07) is -0.625. The molecule has 2 aliphatic rings. The summed E-state index contributed by atoms with van der Waals surface area (Å²) in [6.07, 6.45) is 1.04. The van der Waals surface area contributed by atoms with E-state index in [1.165, 1.54) is 4.90 Å². The van der Waals surface area contributed by atoms with Gasteiger partial charge < -0.3 is 33.7 Å². The van der Waals surface area contributed by atoms with Crippen molar-refractivity contribution < 1.29 is 38.4 Å². The molecule has 2 heterocycles. The number of nitrogens with zero attached hydrogens (tertiary/aromatic N) is 2. The van der Waals surface area contributed by atoms with E-state index < -0.39 is 23.3 Å². The molecule has 186 valence electrons. The zero-order valence-corrected chi connectivity index (χ0v) is 20.6. The summed E-state index contributed by atoms with van der Waals surface area (Å²) < 4.78 is 20.8. The maximum absolute atomic E-state index is 11.8. The standard InChI is InChI=1S/C11H21NO4.C11H19NO4/c2*1-11(2,3)16-10(14)12-6-9(15-4)5-8(12)7-13/h8-9,13H,5-7H2,1-4H3;7-9H,5-6H2,1-4H3/t2*8-,9-/m00/s1. The van der Waals surface area contributed by atoms with Gasteiger partial charge in [-0.25, -0.2) is 9.59 Å². The lowest BCUT2D eigenvalue weighted by atomic mass is 10.2. The fraction of sp³-hybridized carbons (Fsp3) is 0.864. The summed E-state index contributed by atoms with van der Waals surface area (Å²) in [5.41, 5.74) is -1.06. The number of hydrogen-bond donors (Lipinski definition) is 1. The zero-order chi connectivity index (χ0) is 24.7. The van der Waals surface area contributed by atoms with Crippen molar-refractivity contribution in [3.8, 4) is 0 Å². The molecule has 0 unspecified atom stereocenters. The number of likely N-dealkylation sites (tertiary alicyclic amines) is 2. The number of carbonyl (C=O) groups is 3. The van der Waals surface area contributed by atoms with Crippen molar-refractivity contribution in [3.05, 3.63) is 0 Å². The van der Waals surface area contributed by atoms with Crippen molar-refractivity contribution in [3.63, 3.8) is 0 Å². The first kappa shape index (κ1) is 28.1. The van der Waals surface area contributed by atoms with Crippen molar-refractivity contribution in [2.24, 2.45) is 0 Å². The van der Waals surface area contributed by atoms with Crippen LogP contribution in [0.15, 0.2) is 0 Å². The molecule has 0 aromatic rings. The summed E-state index contributed by atoms with van der Waals surface area (Å²) >= 11 is 0. The number of aldehydes is 1. The number of methoxy groups -OCH3 is 2. The SMILES string of the molecule is CO[C@H]1C[C@@H](C=O)N(C(=O)OC(C)(C)C)C1.CO[C@H]1C[C@@H](CO)N(C(=O)OC(C)(C)C)C1. The molecule has 2 saturated heterocycles. The van der Waals surface area contributed by atoms with Crippen LogP contribution in [0.4, 0.5) is 9.59 Å². The van der Waals surface area contributed by atoms with Gasteiger partial charge in [-0.05, 0) is 48.0 Å². The Kier molecular flexibility index (Phi) is 10.4. The van der Waals surface area contributed by atoms with E-state index in [1.54, 1.807) is 39.9 Å². The minimum absolute atomic E-state index is 0.00957. The Balaban J connectivity index is 0.000000320. The van der Waals surface area contributed by atoms with E-state index in [0.717, 1.165) is 6.29 Å². The molecule has 0 aromatic heterocycles. The first-order valence-corrected chi connectivity index (χ1v) is 10.9. The quantitative estimate of drug-likeness (QED) is 0.635. The second kappa shape index (κ2) is 11.8. The van der Waals surface area contributed by atoms with E-state index in [9.17, 15) is 19.5 Å². The van der Waals surface area contributed by atoms with Crippen LogP contribution in [-0.2, 0) is 23.7 Å². The van der Waals surface area contributed by atoms with Crippen molar-refractivity contribution >= 4 is 18.5 Å². The number of aliphatic hydroxyl groups excluding tert-OH is 1. The summed E-state index contributed by atoms with van der Waals surface area (Å²) in [7, 11) is 3.18. The summed E-state index contributed by atoms with van der Waals surface area (Å²) in [5, 5.41) is 9.19. The molecule has 32 heavy (non-hydrogen) atoms. The van der Waals surface area contributed by atoms with Crippen LogP contribution in [0.25, 0.3) is 0 Å². The van der Waals surface area contributed by atoms with Gasteiger partial charge in [-0.3, -0.25) is 4.90 Å². The molecule has 2 rings (SSSR count). The fourth-order valence-electron chi connectivity index (χ4n) is 3.42. The predicted octanol–water partition coefficient (Wildman–Crippen LogP) is 2.21. The van der Waals surface area contributed by atoms with Gasteiger partial charge in [0.1, 0.15) is 17.5 Å². The van der Waals surface area contributed by atoms with Crippen LogP contribution in [0.1, 0.15) is 54.4 Å². The minimum atomic E-state index is -0.546. The molecule has 0 spiro atoms. The Morgan fingerprint density at radius 1 is 0.875 bits per heavy atom. The largest absolute Gasteiger partial charge is 0.444 e. The lowest BCUT2D eigenvalue weighted by molar-refractivity contribution is -0.111. The Labute approximate surface area is 191 Å². The average Bonchev–Trinajstić information content (AvgIpc) is 3.29. The van der Waals surface area contributed by atoms with Gasteiger partial charge in [-0.1, -0.05) is 0 Å². The van der Waals surface area contributed by atoms with Crippen molar-refractivity contribution in [2.45, 2.75) is 89.9 Å². The Morgan fingerprint density at radius 2 is 1.31 bits per heavy atom. The highest BCUT2D eigenvalue weighted by Crippen LogP contribution is 2.23. The monoisotopic (exact) mass is 460 g/mol. The number of hydrogen-bond acceptors (Lipinski definition) is 8. The average molecular weight is 461 g/mol. The molecule has 0 aromatic carbocycles. The molecule has 0 bridgehead atoms. The highest BCUT2D eigenvalue weighted by atomic mass is 16.6. The van der Waals surface area contributed by atoms with Crippen LogP contribution in [0.5, 0.6) is 0 Å². The zero-order valence-electron chi connectivity index (χ0n) is 20.6. The smallest absolute Gasteiger partial charge is 0.410 e. The van der Waals surface area contributed by atoms with E-state index >= 15 is 0 Å². The molecule has 2 amide bonds. The highest BCUT2D eigenvalue weighted by Gasteiger charge is 2.38. The minimum Gasteiger partial charge on any atom is -0.444 e. The van der Waals surface area contributed by atoms with Crippen molar-refractivity contribution in [2.75, 3.05) is 33.9 Å². The van der Waals surface area contributed by atoms with Crippen LogP contribution in [0.3, 0.4) is 0 Å². The molecular formula is C22H40N2O8. The second-order valence-electron chi connectivity index (χ2n) is 9.99. The van der Waals surface area contributed by atoms with Crippen LogP contribution in [0, 0.1) is 0 Å². The summed E-state index contributed by atoms with van der Waals surface area (Å²) in [4.78, 5) is 37.4. The lowest BCUT2D eigenvalue weighted by Crippen LogP contribution is -2.41. The highest BCUT2D eigenvalue weighted by molar-refractivity contribution is 5.74. The third-order valence-electron chi connectivity index (χ3n) is 4.97. The fourth-order valence-corrected chi connectivity index (χ4v) is 3.42. The van der Waals surface area contributed by atoms with E-state index in [0.29, 0.717) is 25.9 Å². The Morgan fingerprint density at radius 3 is 1.72 bits per heavy atom. The number of ether oxygens (including phenoxy) is 4. The predicted molar refractivity (Wildman–Crippen MR) is 117 cm³/mol. The van der Waals surface area contributed by atoms with Gasteiger partial charge in [0.05, 0.1) is 44.0 Å². The van der Waals surface area contributed by atoms with E-state index in [2.05, 4.69) is 0 Å². The number of aliphatic hydroxyl groups is 1. The van der Waals surface area contributed by atoms with Gasteiger partial charge in [0.25, 0.3) is 0 Å². The molecule has 0 aliphatic carbocycles. The van der Waals surface area contributed by atoms with Gasteiger partial charge in [-0.2, -0.15) is 0 Å². The normalized spacial score (nSPS) is 25.8. The van der Waals surface area contributed by atoms with Gasteiger partial charge in [0.15, 0.2) is 0 Å². The number of rotatable bonds is 4. The molecule has 0 radical (unpaired) electrons. The topological polar surface area (TPSA) is 115 Å². The Bertz CT molecular complexity index is 628. The third-order valence-corrected chi connectivity index (χ3v) is 4.97. The lowest BCUT2D eigenvalue weighted by Gasteiger charge is -2.27. The first-order chi connectivity index (χ1) is 14.7. The summed E-state index contributed by atoms with van der Waals surface area (Å²) in [6.45, 7) is 11.7. The molecule has 10 heteroatoms. The molecule has 1 N–H and O–H groups in total. The second-order valence-corrected chi connectivity index (χ2v) is 9.99. The number of carbonyl (C=O) groups excluding carboxylic acids is 3. The molecule has 2 aliphatic heterocycles. The van der Waals surface area contributed by atoms with Crippen molar-refractivity contribution in [1.82, 2.24) is 9.80 Å². The van der Waals surface area contributed by atoms with E-state index in [4.69, 9.17) is 18.9 Å². The molecule has 10 nitrogen and oxygen atoms in total. The van der Waals surface area contributed by atoms with E-state index in [1.807, 2.05) is 20.8 Å². The Hall–Kier alpha value is -1.91. The first-order valence-electron chi connectivity index (χ1n) is 10.9. The molecule has 0 saturated carbocycles. The van der Waals surface area contributed by atoms with Gasteiger partial charge >= 0.3 is 12.2 Å². The maximum Gasteiger partial charge on any atom is 0.410 e. The van der Waals surface area contributed by atoms with Gasteiger partial charge in [0.2, 0.25) is 0 Å². The van der Waals surface area contributed by atoms with Crippen LogP contribution in [0.2, 0.25) is 0 Å². The number of amides is 2. The summed E-state index contributed by atoms with van der Waals surface area (Å²) in [5.74, 6) is 0. The van der Waals surface area contributed by atoms with Crippen LogP contribution < -0.4 is 0 Å². The molecular weight excluding hydrogens is 420 g/mol. The van der Waals surface area contributed by atoms with Gasteiger partial charge in [-0.15, -0.1) is 0 Å². The van der Waals surface area contributed by atoms with Crippen molar-refractivity contribution in [1.29, 1.82) is 0 Å². The van der Waals surface area contributed by atoms with Crippen LogP contribution >= 0.6 is 0 Å². The maximum atomic E-state index is 11.8. The van der Waals surface area contributed by atoms with Crippen LogP contribution in [-0.4, -0.2) is 103 Å². The van der Waals surface area contributed by atoms with Gasteiger partial charge in [0, 0.05) is 20.6 Å².